The molecule has 1 aliphatic rings. The van der Waals surface area contributed by atoms with E-state index in [1.807, 2.05) is 29.2 Å². The second-order valence-electron chi connectivity index (χ2n) is 6.74. The Balaban J connectivity index is 1.89. The summed E-state index contributed by atoms with van der Waals surface area (Å²) >= 11 is 0. The third-order valence-electron chi connectivity index (χ3n) is 4.84. The van der Waals surface area contributed by atoms with Crippen LogP contribution in [0.2, 0.25) is 0 Å². The molecule has 1 fully saturated rings. The van der Waals surface area contributed by atoms with Crippen molar-refractivity contribution in [3.63, 3.8) is 0 Å². The number of hydrogen-bond acceptors (Lipinski definition) is 7. The maximum Gasteiger partial charge on any atom is 0.508 e. The molecule has 0 aromatic heterocycles. The van der Waals surface area contributed by atoms with Crippen molar-refractivity contribution in [3.05, 3.63) is 29.8 Å². The first kappa shape index (κ1) is 21.7. The van der Waals surface area contributed by atoms with Crippen LogP contribution in [-0.4, -0.2) is 80.7 Å². The molecule has 0 saturated carbocycles. The van der Waals surface area contributed by atoms with Gasteiger partial charge in [0.1, 0.15) is 18.1 Å². The zero-order chi connectivity index (χ0) is 20.5. The van der Waals surface area contributed by atoms with Gasteiger partial charge in [-0.1, -0.05) is 12.1 Å². The number of ketones is 1. The minimum absolute atomic E-state index is 0.0337. The zero-order valence-corrected chi connectivity index (χ0v) is 16.7. The number of aryl methyl sites for hydroxylation is 1. The lowest BCUT2D eigenvalue weighted by atomic mass is 10.1. The summed E-state index contributed by atoms with van der Waals surface area (Å²) in [5.41, 5.74) is 1.07. The van der Waals surface area contributed by atoms with Crippen molar-refractivity contribution in [2.45, 2.75) is 25.8 Å². The number of carbonyl (C=O) groups is 3. The van der Waals surface area contributed by atoms with Gasteiger partial charge in [0, 0.05) is 33.0 Å². The van der Waals surface area contributed by atoms with Gasteiger partial charge in [0.15, 0.2) is 0 Å². The molecular weight excluding hydrogens is 364 g/mol. The number of hydrogen-bond donors (Lipinski definition) is 0. The molecule has 1 atom stereocenters. The Morgan fingerprint density at radius 3 is 2.43 bits per heavy atom. The number of benzene rings is 1. The van der Waals surface area contributed by atoms with Gasteiger partial charge in [0.2, 0.25) is 5.91 Å². The number of rotatable bonds is 8. The number of amides is 1. The van der Waals surface area contributed by atoms with Gasteiger partial charge in [-0.25, -0.2) is 4.79 Å². The SMILES string of the molecule is COC(=O)OCC1CN(C(C)=O)CCN1CC(=O)CCc1ccc(OC)cc1. The molecule has 0 N–H and O–H groups in total. The van der Waals surface area contributed by atoms with Crippen molar-refractivity contribution < 1.29 is 28.6 Å². The minimum atomic E-state index is -0.772. The van der Waals surface area contributed by atoms with Gasteiger partial charge in [0.25, 0.3) is 0 Å². The predicted octanol–water partition coefficient (Wildman–Crippen LogP) is 1.51. The smallest absolute Gasteiger partial charge is 0.497 e. The average molecular weight is 392 g/mol. The summed E-state index contributed by atoms with van der Waals surface area (Å²) < 4.78 is 14.7. The van der Waals surface area contributed by atoms with Crippen molar-refractivity contribution in [2.75, 3.05) is 47.0 Å². The van der Waals surface area contributed by atoms with Gasteiger partial charge < -0.3 is 19.1 Å². The molecule has 1 aromatic rings. The highest BCUT2D eigenvalue weighted by molar-refractivity contribution is 5.80. The molecular formula is C20H28N2O6. The molecule has 0 spiro atoms. The van der Waals surface area contributed by atoms with Crippen LogP contribution in [0.3, 0.4) is 0 Å². The Kier molecular flexibility index (Phi) is 8.25. The van der Waals surface area contributed by atoms with Crippen LogP contribution in [0, 0.1) is 0 Å². The summed E-state index contributed by atoms with van der Waals surface area (Å²) in [4.78, 5) is 39.1. The maximum atomic E-state index is 12.5. The fraction of sp³-hybridized carbons (Fsp3) is 0.550. The molecule has 8 heteroatoms. The molecule has 0 radical (unpaired) electrons. The molecule has 1 aromatic carbocycles. The van der Waals surface area contributed by atoms with Crippen molar-refractivity contribution in [2.24, 2.45) is 0 Å². The summed E-state index contributed by atoms with van der Waals surface area (Å²) in [6, 6.07) is 7.42. The number of carbonyl (C=O) groups excluding carboxylic acids is 3. The standard InChI is InChI=1S/C20H28N2O6/c1-15(23)21-10-11-22(17(12-21)14-28-20(25)27-3)13-18(24)7-4-16-5-8-19(26-2)9-6-16/h5-6,8-9,17H,4,7,10-14H2,1-3H3. The van der Waals surface area contributed by atoms with Crippen LogP contribution in [0.4, 0.5) is 4.79 Å². The molecule has 1 aliphatic heterocycles. The third-order valence-corrected chi connectivity index (χ3v) is 4.84. The Morgan fingerprint density at radius 1 is 1.11 bits per heavy atom. The van der Waals surface area contributed by atoms with Crippen molar-refractivity contribution in [1.29, 1.82) is 0 Å². The van der Waals surface area contributed by atoms with E-state index < -0.39 is 6.16 Å². The minimum Gasteiger partial charge on any atom is -0.497 e. The van der Waals surface area contributed by atoms with E-state index in [1.165, 1.54) is 14.0 Å². The van der Waals surface area contributed by atoms with Gasteiger partial charge in [-0.05, 0) is 24.1 Å². The van der Waals surface area contributed by atoms with Gasteiger partial charge in [-0.3, -0.25) is 14.5 Å². The number of Topliss-reactive ketones (excluding diaryl/α,β-unsaturated/α-hetero) is 1. The molecule has 1 amide bonds. The number of piperazine rings is 1. The lowest BCUT2D eigenvalue weighted by Gasteiger charge is -2.40. The second-order valence-corrected chi connectivity index (χ2v) is 6.74. The van der Waals surface area contributed by atoms with Crippen LogP contribution in [0.5, 0.6) is 5.75 Å². The Bertz CT molecular complexity index is 676. The fourth-order valence-corrected chi connectivity index (χ4v) is 3.15. The van der Waals surface area contributed by atoms with E-state index >= 15 is 0 Å². The molecule has 28 heavy (non-hydrogen) atoms. The van der Waals surface area contributed by atoms with E-state index in [-0.39, 0.29) is 30.9 Å². The van der Waals surface area contributed by atoms with E-state index in [0.717, 1.165) is 11.3 Å². The Labute approximate surface area is 165 Å². The monoisotopic (exact) mass is 392 g/mol. The summed E-state index contributed by atoms with van der Waals surface area (Å²) in [5, 5.41) is 0. The van der Waals surface area contributed by atoms with Crippen LogP contribution in [0.1, 0.15) is 18.9 Å². The zero-order valence-electron chi connectivity index (χ0n) is 16.7. The Morgan fingerprint density at radius 2 is 1.82 bits per heavy atom. The van der Waals surface area contributed by atoms with E-state index in [9.17, 15) is 14.4 Å². The van der Waals surface area contributed by atoms with Gasteiger partial charge in [-0.2, -0.15) is 0 Å². The molecule has 1 unspecified atom stereocenters. The summed E-state index contributed by atoms with van der Waals surface area (Å²) in [7, 11) is 2.86. The van der Waals surface area contributed by atoms with Crippen LogP contribution in [-0.2, 0) is 25.5 Å². The van der Waals surface area contributed by atoms with Crippen molar-refractivity contribution >= 4 is 17.8 Å². The summed E-state index contributed by atoms with van der Waals surface area (Å²) in [6.45, 7) is 3.37. The third kappa shape index (κ3) is 6.53. The molecule has 2 rings (SSSR count). The van der Waals surface area contributed by atoms with Crippen LogP contribution >= 0.6 is 0 Å². The van der Waals surface area contributed by atoms with E-state index in [2.05, 4.69) is 4.74 Å². The second kappa shape index (κ2) is 10.7. The van der Waals surface area contributed by atoms with Gasteiger partial charge in [0.05, 0.1) is 26.8 Å². The van der Waals surface area contributed by atoms with Gasteiger partial charge >= 0.3 is 6.16 Å². The molecule has 1 saturated heterocycles. The van der Waals surface area contributed by atoms with Crippen molar-refractivity contribution in [1.82, 2.24) is 9.80 Å². The van der Waals surface area contributed by atoms with Gasteiger partial charge in [-0.15, -0.1) is 0 Å². The highest BCUT2D eigenvalue weighted by Crippen LogP contribution is 2.14. The molecule has 1 heterocycles. The van der Waals surface area contributed by atoms with E-state index in [1.54, 1.807) is 12.0 Å². The topological polar surface area (TPSA) is 85.4 Å². The molecule has 8 nitrogen and oxygen atoms in total. The average Bonchev–Trinajstić information content (AvgIpc) is 2.71. The lowest BCUT2D eigenvalue weighted by molar-refractivity contribution is -0.133. The van der Waals surface area contributed by atoms with E-state index in [4.69, 9.17) is 9.47 Å². The first-order valence-electron chi connectivity index (χ1n) is 9.28. The van der Waals surface area contributed by atoms with Crippen LogP contribution < -0.4 is 4.74 Å². The van der Waals surface area contributed by atoms with Crippen LogP contribution in [0.15, 0.2) is 24.3 Å². The molecule has 154 valence electrons. The quantitative estimate of drug-likeness (QED) is 0.620. The van der Waals surface area contributed by atoms with Crippen LogP contribution in [0.25, 0.3) is 0 Å². The largest absolute Gasteiger partial charge is 0.508 e. The number of ether oxygens (including phenoxy) is 3. The first-order chi connectivity index (χ1) is 13.4. The lowest BCUT2D eigenvalue weighted by Crippen LogP contribution is -2.57. The Hall–Kier alpha value is -2.61. The molecule has 0 bridgehead atoms. The maximum absolute atomic E-state index is 12.5. The predicted molar refractivity (Wildman–Crippen MR) is 102 cm³/mol. The van der Waals surface area contributed by atoms with Crippen molar-refractivity contribution in [3.8, 4) is 5.75 Å². The first-order valence-corrected chi connectivity index (χ1v) is 9.28. The number of nitrogens with zero attached hydrogens (tertiary/aromatic N) is 2. The summed E-state index contributed by atoms with van der Waals surface area (Å²) in [5.74, 6) is 0.857. The van der Waals surface area contributed by atoms with E-state index in [0.29, 0.717) is 32.5 Å². The fourth-order valence-electron chi connectivity index (χ4n) is 3.15. The highest BCUT2D eigenvalue weighted by atomic mass is 16.7. The summed E-state index contributed by atoms with van der Waals surface area (Å²) in [6.07, 6.45) is 0.300. The normalized spacial score (nSPS) is 17.1. The number of methoxy groups -OCH3 is 2. The molecule has 0 aliphatic carbocycles. The highest BCUT2D eigenvalue weighted by Gasteiger charge is 2.30.